The predicted molar refractivity (Wildman–Crippen MR) is 62.6 cm³/mol. The first-order chi connectivity index (χ1) is 7.76. The first kappa shape index (κ1) is 16.1. The van der Waals surface area contributed by atoms with Crippen LogP contribution in [0.2, 0.25) is 0 Å². The number of hydrogen-bond donors (Lipinski definition) is 3. The van der Waals surface area contributed by atoms with Crippen LogP contribution < -0.4 is 9.44 Å². The number of nitrogens with one attached hydrogen (secondary N) is 2. The Kier molecular flexibility index (Phi) is 7.09. The highest BCUT2D eigenvalue weighted by atomic mass is 32.2. The molecule has 1 amide bonds. The molecule has 0 heterocycles. The lowest BCUT2D eigenvalue weighted by Crippen LogP contribution is -2.44. The van der Waals surface area contributed by atoms with E-state index in [9.17, 15) is 13.2 Å². The van der Waals surface area contributed by atoms with E-state index < -0.39 is 22.4 Å². The van der Waals surface area contributed by atoms with Crippen LogP contribution in [0.3, 0.4) is 0 Å². The van der Waals surface area contributed by atoms with Crippen molar-refractivity contribution in [2.45, 2.75) is 45.8 Å². The molecule has 1 unspecified atom stereocenters. The highest BCUT2D eigenvalue weighted by molar-refractivity contribution is 7.88. The number of amides is 1. The molecule has 8 heteroatoms. The highest BCUT2D eigenvalue weighted by Crippen LogP contribution is 1.97. The van der Waals surface area contributed by atoms with Crippen molar-refractivity contribution < 1.29 is 23.1 Å². The summed E-state index contributed by atoms with van der Waals surface area (Å²) in [6.45, 7) is 4.87. The lowest BCUT2D eigenvalue weighted by atomic mass is 10.2. The molecule has 0 aliphatic heterocycles. The van der Waals surface area contributed by atoms with E-state index in [1.165, 1.54) is 0 Å². The molecule has 0 fully saturated rings. The van der Waals surface area contributed by atoms with E-state index >= 15 is 0 Å². The van der Waals surface area contributed by atoms with Crippen molar-refractivity contribution in [2.24, 2.45) is 0 Å². The van der Waals surface area contributed by atoms with E-state index in [1.54, 1.807) is 25.5 Å². The molecule has 3 N–H and O–H groups in total. The minimum atomic E-state index is -3.91. The molecular formula is C9H20N2O5S. The van der Waals surface area contributed by atoms with Gasteiger partial charge in [0.25, 0.3) is 0 Å². The van der Waals surface area contributed by atoms with Crippen molar-refractivity contribution in [3.63, 3.8) is 0 Å². The number of aliphatic hydroxyl groups is 1. The zero-order valence-electron chi connectivity index (χ0n) is 10.3. The van der Waals surface area contributed by atoms with Crippen LogP contribution in [0.1, 0.15) is 33.6 Å². The van der Waals surface area contributed by atoms with Gasteiger partial charge in [-0.15, -0.1) is 0 Å². The maximum Gasteiger partial charge on any atom is 0.422 e. The van der Waals surface area contributed by atoms with Crippen LogP contribution in [0, 0.1) is 0 Å². The topological polar surface area (TPSA) is 105 Å². The summed E-state index contributed by atoms with van der Waals surface area (Å²) < 4.78 is 31.4. The summed E-state index contributed by atoms with van der Waals surface area (Å²) >= 11 is 0. The number of hydrogen-bond acceptors (Lipinski definition) is 5. The van der Waals surface area contributed by atoms with Gasteiger partial charge in [0.15, 0.2) is 0 Å². The third kappa shape index (κ3) is 8.90. The number of ether oxygens (including phenoxy) is 1. The largest absolute Gasteiger partial charge is 0.446 e. The van der Waals surface area contributed by atoms with Gasteiger partial charge in [0.1, 0.15) is 0 Å². The summed E-state index contributed by atoms with van der Waals surface area (Å²) in [6, 6.07) is -0.369. The standard InChI is InChI=1S/C9H20N2O5S/c1-7(2)16-9(13)11-17(14,15)10-8(3)5-4-6-12/h7-8,10,12H,4-6H2,1-3H3,(H,11,13). The van der Waals surface area contributed by atoms with E-state index in [2.05, 4.69) is 9.46 Å². The first-order valence-electron chi connectivity index (χ1n) is 5.38. The summed E-state index contributed by atoms with van der Waals surface area (Å²) in [4.78, 5) is 11.1. The molecule has 0 radical (unpaired) electrons. The van der Waals surface area contributed by atoms with Crippen LogP contribution in [-0.2, 0) is 14.9 Å². The van der Waals surface area contributed by atoms with Gasteiger partial charge in [-0.2, -0.15) is 13.1 Å². The fourth-order valence-corrected chi connectivity index (χ4v) is 2.07. The van der Waals surface area contributed by atoms with Gasteiger partial charge in [-0.25, -0.2) is 9.52 Å². The molecule has 0 rings (SSSR count). The van der Waals surface area contributed by atoms with Crippen molar-refractivity contribution in [3.8, 4) is 0 Å². The molecule has 0 saturated heterocycles. The number of rotatable bonds is 7. The van der Waals surface area contributed by atoms with E-state index in [0.29, 0.717) is 12.8 Å². The third-order valence-corrected chi connectivity index (χ3v) is 2.86. The van der Waals surface area contributed by atoms with Gasteiger partial charge in [0, 0.05) is 12.6 Å². The second-order valence-corrected chi connectivity index (χ2v) is 5.39. The lowest BCUT2D eigenvalue weighted by Gasteiger charge is -2.14. The number of carbonyl (C=O) groups is 1. The minimum absolute atomic E-state index is 0.00507. The molecule has 0 aliphatic carbocycles. The van der Waals surface area contributed by atoms with E-state index in [-0.39, 0.29) is 12.6 Å². The Balaban J connectivity index is 4.15. The van der Waals surface area contributed by atoms with E-state index in [1.807, 2.05) is 0 Å². The maximum atomic E-state index is 11.4. The number of aliphatic hydroxyl groups excluding tert-OH is 1. The smallest absolute Gasteiger partial charge is 0.422 e. The SMILES string of the molecule is CC(CCCO)NS(=O)(=O)NC(=O)OC(C)C. The molecule has 0 aliphatic rings. The summed E-state index contributed by atoms with van der Waals surface area (Å²) in [6.07, 6.45) is -0.435. The van der Waals surface area contributed by atoms with Crippen molar-refractivity contribution in [1.82, 2.24) is 9.44 Å². The first-order valence-corrected chi connectivity index (χ1v) is 6.86. The summed E-state index contributed by atoms with van der Waals surface area (Å²) in [5.74, 6) is 0. The monoisotopic (exact) mass is 268 g/mol. The summed E-state index contributed by atoms with van der Waals surface area (Å²) in [7, 11) is -3.91. The van der Waals surface area contributed by atoms with Gasteiger partial charge in [-0.3, -0.25) is 0 Å². The average Bonchev–Trinajstić information content (AvgIpc) is 2.10. The Labute approximate surface area is 102 Å². The molecule has 17 heavy (non-hydrogen) atoms. The molecular weight excluding hydrogens is 248 g/mol. The predicted octanol–water partition coefficient (Wildman–Crippen LogP) is 0.116. The van der Waals surface area contributed by atoms with Crippen molar-refractivity contribution in [2.75, 3.05) is 6.61 Å². The minimum Gasteiger partial charge on any atom is -0.446 e. The summed E-state index contributed by atoms with van der Waals surface area (Å²) in [5, 5.41) is 8.59. The zero-order chi connectivity index (χ0) is 13.5. The van der Waals surface area contributed by atoms with Gasteiger partial charge < -0.3 is 9.84 Å². The van der Waals surface area contributed by atoms with E-state index in [0.717, 1.165) is 0 Å². The van der Waals surface area contributed by atoms with E-state index in [4.69, 9.17) is 5.11 Å². The van der Waals surface area contributed by atoms with Crippen LogP contribution in [-0.4, -0.2) is 38.4 Å². The van der Waals surface area contributed by atoms with Gasteiger partial charge in [0.05, 0.1) is 6.10 Å². The second-order valence-electron chi connectivity index (χ2n) is 3.94. The Bertz CT molecular complexity index is 328. The average molecular weight is 268 g/mol. The Hall–Kier alpha value is -0.860. The van der Waals surface area contributed by atoms with Crippen LogP contribution in [0.5, 0.6) is 0 Å². The Morgan fingerprint density at radius 1 is 1.35 bits per heavy atom. The van der Waals surface area contributed by atoms with Gasteiger partial charge in [-0.05, 0) is 33.6 Å². The number of carbonyl (C=O) groups excluding carboxylic acids is 1. The van der Waals surface area contributed by atoms with Crippen molar-refractivity contribution in [1.29, 1.82) is 0 Å². The molecule has 0 aromatic rings. The molecule has 102 valence electrons. The molecule has 0 saturated carbocycles. The lowest BCUT2D eigenvalue weighted by molar-refractivity contribution is 0.121. The van der Waals surface area contributed by atoms with Crippen LogP contribution in [0.15, 0.2) is 0 Å². The molecule has 1 atom stereocenters. The molecule has 0 spiro atoms. The van der Waals surface area contributed by atoms with Crippen LogP contribution in [0.4, 0.5) is 4.79 Å². The van der Waals surface area contributed by atoms with Crippen LogP contribution >= 0.6 is 0 Å². The van der Waals surface area contributed by atoms with Crippen molar-refractivity contribution in [3.05, 3.63) is 0 Å². The maximum absolute atomic E-state index is 11.4. The van der Waals surface area contributed by atoms with Gasteiger partial charge >= 0.3 is 16.3 Å². The fraction of sp³-hybridized carbons (Fsp3) is 0.889. The molecule has 0 bridgehead atoms. The molecule has 0 aromatic carbocycles. The normalized spacial score (nSPS) is 13.5. The fourth-order valence-electron chi connectivity index (χ4n) is 1.10. The van der Waals surface area contributed by atoms with Crippen molar-refractivity contribution >= 4 is 16.3 Å². The zero-order valence-corrected chi connectivity index (χ0v) is 11.1. The van der Waals surface area contributed by atoms with Gasteiger partial charge in [-0.1, -0.05) is 0 Å². The summed E-state index contributed by atoms with van der Waals surface area (Å²) in [5.41, 5.74) is 0. The Morgan fingerprint density at radius 2 is 1.94 bits per heavy atom. The molecule has 7 nitrogen and oxygen atoms in total. The second kappa shape index (κ2) is 7.46. The Morgan fingerprint density at radius 3 is 2.41 bits per heavy atom. The quantitative estimate of drug-likeness (QED) is 0.608. The highest BCUT2D eigenvalue weighted by Gasteiger charge is 2.18. The van der Waals surface area contributed by atoms with Gasteiger partial charge in [0.2, 0.25) is 0 Å². The molecule has 0 aromatic heterocycles. The van der Waals surface area contributed by atoms with Crippen LogP contribution in [0.25, 0.3) is 0 Å². The third-order valence-electron chi connectivity index (χ3n) is 1.71.